The van der Waals surface area contributed by atoms with E-state index in [1.165, 1.54) is 12.1 Å². The van der Waals surface area contributed by atoms with E-state index in [0.717, 1.165) is 0 Å². The predicted octanol–water partition coefficient (Wildman–Crippen LogP) is 1.03. The van der Waals surface area contributed by atoms with Gasteiger partial charge in [0.2, 0.25) is 5.82 Å². The molecule has 0 atom stereocenters. The average Bonchev–Trinajstić information content (AvgIpc) is 2.43. The van der Waals surface area contributed by atoms with Gasteiger partial charge in [0.05, 0.1) is 11.5 Å². The maximum absolute atomic E-state index is 11.1. The molecule has 1 rings (SSSR count). The number of ether oxygens (including phenoxy) is 1. The van der Waals surface area contributed by atoms with E-state index < -0.39 is 4.92 Å². The second kappa shape index (κ2) is 7.89. The molecule has 0 aliphatic carbocycles. The van der Waals surface area contributed by atoms with Crippen LogP contribution in [0.4, 0.5) is 17.3 Å². The lowest BCUT2D eigenvalue weighted by molar-refractivity contribution is -0.384. The summed E-state index contributed by atoms with van der Waals surface area (Å²) in [4.78, 5) is 25.4. The van der Waals surface area contributed by atoms with Crippen LogP contribution in [0.2, 0.25) is 0 Å². The number of hydrazine groups is 1. The molecule has 0 amide bonds. The van der Waals surface area contributed by atoms with Crippen molar-refractivity contribution in [1.82, 2.24) is 4.98 Å². The summed E-state index contributed by atoms with van der Waals surface area (Å²) >= 11 is 0. The lowest BCUT2D eigenvalue weighted by Crippen LogP contribution is -2.13. The highest BCUT2D eigenvalue weighted by Gasteiger charge is 2.15. The van der Waals surface area contributed by atoms with Crippen molar-refractivity contribution in [3.05, 3.63) is 22.2 Å². The lowest BCUT2D eigenvalue weighted by Gasteiger charge is -2.07. The van der Waals surface area contributed by atoms with E-state index >= 15 is 0 Å². The Hall–Kier alpha value is -2.42. The number of rotatable bonds is 8. The van der Waals surface area contributed by atoms with Crippen LogP contribution in [-0.2, 0) is 9.53 Å². The first-order chi connectivity index (χ1) is 9.58. The second-order valence-electron chi connectivity index (χ2n) is 3.80. The number of hydrogen-bond acceptors (Lipinski definition) is 8. The summed E-state index contributed by atoms with van der Waals surface area (Å²) in [5.74, 6) is 5.32. The zero-order valence-corrected chi connectivity index (χ0v) is 11.1. The van der Waals surface area contributed by atoms with Crippen molar-refractivity contribution in [3.8, 4) is 0 Å². The second-order valence-corrected chi connectivity index (χ2v) is 3.80. The molecule has 110 valence electrons. The van der Waals surface area contributed by atoms with E-state index in [-0.39, 0.29) is 23.9 Å². The maximum Gasteiger partial charge on any atom is 0.311 e. The molecule has 0 aliphatic rings. The smallest absolute Gasteiger partial charge is 0.311 e. The number of carbonyl (C=O) groups is 1. The SMILES string of the molecule is CCOC(=O)CCCNc1nc(NN)ccc1[N+](=O)[O-]. The molecule has 0 radical (unpaired) electrons. The number of nitro groups is 1. The van der Waals surface area contributed by atoms with Crippen LogP contribution in [0.25, 0.3) is 0 Å². The third kappa shape index (κ3) is 4.69. The van der Waals surface area contributed by atoms with E-state index in [1.807, 2.05) is 0 Å². The molecule has 9 nitrogen and oxygen atoms in total. The number of nitrogen functional groups attached to an aromatic ring is 1. The zero-order chi connectivity index (χ0) is 15.0. The molecule has 0 saturated heterocycles. The number of carbonyl (C=O) groups excluding carboxylic acids is 1. The fourth-order valence-corrected chi connectivity index (χ4v) is 1.48. The van der Waals surface area contributed by atoms with Crippen molar-refractivity contribution in [2.75, 3.05) is 23.9 Å². The minimum atomic E-state index is -0.541. The van der Waals surface area contributed by atoms with Crippen LogP contribution in [0, 0.1) is 10.1 Å². The molecule has 4 N–H and O–H groups in total. The highest BCUT2D eigenvalue weighted by Crippen LogP contribution is 2.23. The Labute approximate surface area is 115 Å². The van der Waals surface area contributed by atoms with Crippen molar-refractivity contribution >= 4 is 23.3 Å². The summed E-state index contributed by atoms with van der Waals surface area (Å²) < 4.78 is 4.78. The number of pyridine rings is 1. The van der Waals surface area contributed by atoms with Gasteiger partial charge in [-0.3, -0.25) is 14.9 Å². The Kier molecular flexibility index (Phi) is 6.17. The molecule has 0 bridgehead atoms. The minimum Gasteiger partial charge on any atom is -0.466 e. The zero-order valence-electron chi connectivity index (χ0n) is 11.1. The molecule has 9 heteroatoms. The van der Waals surface area contributed by atoms with Gasteiger partial charge >= 0.3 is 11.7 Å². The van der Waals surface area contributed by atoms with Gasteiger partial charge in [-0.25, -0.2) is 10.8 Å². The number of esters is 1. The molecule has 0 spiro atoms. The normalized spacial score (nSPS) is 9.90. The first-order valence-corrected chi connectivity index (χ1v) is 6.10. The largest absolute Gasteiger partial charge is 0.466 e. The third-order valence-electron chi connectivity index (χ3n) is 2.37. The van der Waals surface area contributed by atoms with Gasteiger partial charge < -0.3 is 15.5 Å². The van der Waals surface area contributed by atoms with Crippen molar-refractivity contribution in [3.63, 3.8) is 0 Å². The number of aromatic nitrogens is 1. The molecule has 0 saturated carbocycles. The van der Waals surface area contributed by atoms with E-state index in [9.17, 15) is 14.9 Å². The number of anilines is 2. The Morgan fingerprint density at radius 1 is 1.55 bits per heavy atom. The molecule has 20 heavy (non-hydrogen) atoms. The summed E-state index contributed by atoms with van der Waals surface area (Å²) in [6.07, 6.45) is 0.724. The summed E-state index contributed by atoms with van der Waals surface area (Å²) in [6.45, 7) is 2.43. The van der Waals surface area contributed by atoms with Crippen LogP contribution >= 0.6 is 0 Å². The standard InChI is InChI=1S/C11H17N5O4/c1-2-20-10(17)4-3-7-13-11-8(16(18)19)5-6-9(14-11)15-12/h5-6H,2-4,7,12H2,1H3,(H2,13,14,15). The maximum atomic E-state index is 11.1. The molecule has 1 aromatic heterocycles. The highest BCUT2D eigenvalue weighted by atomic mass is 16.6. The van der Waals surface area contributed by atoms with Crippen molar-refractivity contribution in [2.45, 2.75) is 19.8 Å². The van der Waals surface area contributed by atoms with E-state index in [1.54, 1.807) is 6.92 Å². The topological polar surface area (TPSA) is 132 Å². The van der Waals surface area contributed by atoms with Crippen LogP contribution in [0.3, 0.4) is 0 Å². The molecular weight excluding hydrogens is 266 g/mol. The van der Waals surface area contributed by atoms with Crippen LogP contribution < -0.4 is 16.6 Å². The fraction of sp³-hybridized carbons (Fsp3) is 0.455. The summed E-state index contributed by atoms with van der Waals surface area (Å²) in [6, 6.07) is 2.71. The van der Waals surface area contributed by atoms with Gasteiger partial charge in [0.1, 0.15) is 5.82 Å². The monoisotopic (exact) mass is 283 g/mol. The number of nitrogens with zero attached hydrogens (tertiary/aromatic N) is 2. The molecular formula is C11H17N5O4. The van der Waals surface area contributed by atoms with Gasteiger partial charge in [0, 0.05) is 19.0 Å². The Bertz CT molecular complexity index is 480. The Morgan fingerprint density at radius 2 is 2.30 bits per heavy atom. The van der Waals surface area contributed by atoms with Crippen LogP contribution in [-0.4, -0.2) is 29.0 Å². The van der Waals surface area contributed by atoms with Gasteiger partial charge in [-0.1, -0.05) is 0 Å². The number of nitrogens with two attached hydrogens (primary N) is 1. The van der Waals surface area contributed by atoms with Crippen LogP contribution in [0.15, 0.2) is 12.1 Å². The summed E-state index contributed by atoms with van der Waals surface area (Å²) in [7, 11) is 0. The summed E-state index contributed by atoms with van der Waals surface area (Å²) in [5.41, 5.74) is 2.16. The van der Waals surface area contributed by atoms with E-state index in [4.69, 9.17) is 10.6 Å². The van der Waals surface area contributed by atoms with Gasteiger partial charge in [-0.05, 0) is 19.4 Å². The van der Waals surface area contributed by atoms with Crippen molar-refractivity contribution in [2.24, 2.45) is 5.84 Å². The molecule has 0 fully saturated rings. The predicted molar refractivity (Wildman–Crippen MR) is 73.1 cm³/mol. The molecule has 0 aromatic carbocycles. The number of hydrogen-bond donors (Lipinski definition) is 3. The Morgan fingerprint density at radius 3 is 2.90 bits per heavy atom. The van der Waals surface area contributed by atoms with Gasteiger partial charge in [0.25, 0.3) is 0 Å². The molecule has 1 aromatic rings. The van der Waals surface area contributed by atoms with Crippen LogP contribution in [0.5, 0.6) is 0 Å². The molecule has 0 unspecified atom stereocenters. The fourth-order valence-electron chi connectivity index (χ4n) is 1.48. The average molecular weight is 283 g/mol. The third-order valence-corrected chi connectivity index (χ3v) is 2.37. The van der Waals surface area contributed by atoms with Gasteiger partial charge in [0.15, 0.2) is 0 Å². The van der Waals surface area contributed by atoms with E-state index in [2.05, 4.69) is 15.7 Å². The van der Waals surface area contributed by atoms with Crippen molar-refractivity contribution in [1.29, 1.82) is 0 Å². The van der Waals surface area contributed by atoms with Crippen LogP contribution in [0.1, 0.15) is 19.8 Å². The summed E-state index contributed by atoms with van der Waals surface area (Å²) in [5, 5.41) is 13.7. The Balaban J connectivity index is 2.57. The minimum absolute atomic E-state index is 0.106. The van der Waals surface area contributed by atoms with Crippen molar-refractivity contribution < 1.29 is 14.5 Å². The molecule has 1 heterocycles. The quantitative estimate of drug-likeness (QED) is 0.212. The van der Waals surface area contributed by atoms with Gasteiger partial charge in [-0.15, -0.1) is 0 Å². The first-order valence-electron chi connectivity index (χ1n) is 6.10. The number of nitrogens with one attached hydrogen (secondary N) is 2. The van der Waals surface area contributed by atoms with Gasteiger partial charge in [-0.2, -0.15) is 0 Å². The highest BCUT2D eigenvalue weighted by molar-refractivity contribution is 5.69. The first kappa shape index (κ1) is 15.6. The van der Waals surface area contributed by atoms with E-state index in [0.29, 0.717) is 25.4 Å². The lowest BCUT2D eigenvalue weighted by atomic mass is 10.3. The molecule has 0 aliphatic heterocycles.